The highest BCUT2D eigenvalue weighted by atomic mass is 19.1. The molecule has 0 unspecified atom stereocenters. The first kappa shape index (κ1) is 13.5. The lowest BCUT2D eigenvalue weighted by Gasteiger charge is -2.07. The Morgan fingerprint density at radius 3 is 2.50 bits per heavy atom. The van der Waals surface area contributed by atoms with Gasteiger partial charge in [0.2, 0.25) is 0 Å². The van der Waals surface area contributed by atoms with Gasteiger partial charge in [-0.2, -0.15) is 5.26 Å². The summed E-state index contributed by atoms with van der Waals surface area (Å²) in [6.07, 6.45) is 0. The van der Waals surface area contributed by atoms with Crippen LogP contribution in [0.5, 0.6) is 0 Å². The summed E-state index contributed by atoms with van der Waals surface area (Å²) in [5.41, 5.74) is 1.34. The van der Waals surface area contributed by atoms with Crippen LogP contribution < -0.4 is 5.32 Å². The van der Waals surface area contributed by atoms with Gasteiger partial charge in [0.1, 0.15) is 0 Å². The van der Waals surface area contributed by atoms with Gasteiger partial charge < -0.3 is 5.32 Å². The number of nitro groups is 1. The number of nitro benzene ring substituents is 1. The molecule has 0 radical (unpaired) electrons. The average molecular weight is 271 g/mol. The minimum atomic E-state index is -0.673. The SMILES string of the molecule is N#Cc1ccc(CNc2ccc([N+](=O)[O-])cc2F)cc1. The van der Waals surface area contributed by atoms with E-state index in [1.165, 1.54) is 12.1 Å². The van der Waals surface area contributed by atoms with Crippen LogP contribution in [0.1, 0.15) is 11.1 Å². The topological polar surface area (TPSA) is 79.0 Å². The van der Waals surface area contributed by atoms with E-state index >= 15 is 0 Å². The fourth-order valence-corrected chi connectivity index (χ4v) is 1.66. The maximum absolute atomic E-state index is 13.6. The minimum Gasteiger partial charge on any atom is -0.379 e. The first-order chi connectivity index (χ1) is 9.60. The maximum atomic E-state index is 13.6. The monoisotopic (exact) mass is 271 g/mol. The molecule has 0 aliphatic rings. The molecule has 0 aliphatic carbocycles. The van der Waals surface area contributed by atoms with Crippen LogP contribution in [0.15, 0.2) is 42.5 Å². The standard InChI is InChI=1S/C14H10FN3O2/c15-13-7-12(18(19)20)5-6-14(13)17-9-11-3-1-10(8-16)2-4-11/h1-7,17H,9H2. The third-order valence-corrected chi connectivity index (χ3v) is 2.73. The quantitative estimate of drug-likeness (QED) is 0.684. The Hall–Kier alpha value is -2.94. The van der Waals surface area contributed by atoms with Gasteiger partial charge >= 0.3 is 0 Å². The number of non-ortho nitro benzene ring substituents is 1. The van der Waals surface area contributed by atoms with Crippen LogP contribution in [0, 0.1) is 27.3 Å². The van der Waals surface area contributed by atoms with Gasteiger partial charge in [-0.05, 0) is 23.8 Å². The number of hydrogen-bond donors (Lipinski definition) is 1. The van der Waals surface area contributed by atoms with E-state index in [0.717, 1.165) is 11.6 Å². The van der Waals surface area contributed by atoms with Crippen LogP contribution in [0.4, 0.5) is 15.8 Å². The van der Waals surface area contributed by atoms with Crippen LogP contribution in [0.25, 0.3) is 0 Å². The van der Waals surface area contributed by atoms with E-state index in [0.29, 0.717) is 12.1 Å². The summed E-state index contributed by atoms with van der Waals surface area (Å²) in [6, 6.07) is 12.3. The second-order valence-electron chi connectivity index (χ2n) is 4.08. The summed E-state index contributed by atoms with van der Waals surface area (Å²) < 4.78 is 13.6. The molecule has 1 N–H and O–H groups in total. The minimum absolute atomic E-state index is 0.194. The first-order valence-corrected chi connectivity index (χ1v) is 5.77. The van der Waals surface area contributed by atoms with Crippen molar-refractivity contribution in [2.75, 3.05) is 5.32 Å². The summed E-state index contributed by atoms with van der Waals surface area (Å²) >= 11 is 0. The lowest BCUT2D eigenvalue weighted by molar-refractivity contribution is -0.385. The normalized spacial score (nSPS) is 9.80. The Labute approximate surface area is 114 Å². The molecule has 0 saturated carbocycles. The van der Waals surface area contributed by atoms with E-state index in [-0.39, 0.29) is 11.4 Å². The van der Waals surface area contributed by atoms with Crippen molar-refractivity contribution in [3.05, 3.63) is 69.5 Å². The Morgan fingerprint density at radius 2 is 1.95 bits per heavy atom. The predicted octanol–water partition coefficient (Wildman–Crippen LogP) is 3.22. The molecule has 0 amide bonds. The molecule has 2 rings (SSSR count). The molecule has 2 aromatic rings. The number of halogens is 1. The highest BCUT2D eigenvalue weighted by molar-refractivity contribution is 5.50. The molecule has 5 nitrogen and oxygen atoms in total. The largest absolute Gasteiger partial charge is 0.379 e. The lowest BCUT2D eigenvalue weighted by Crippen LogP contribution is -2.02. The van der Waals surface area contributed by atoms with Gasteiger partial charge in [-0.15, -0.1) is 0 Å². The van der Waals surface area contributed by atoms with Crippen LogP contribution in [-0.4, -0.2) is 4.92 Å². The summed E-state index contributed by atoms with van der Waals surface area (Å²) in [5.74, 6) is -0.673. The molecule has 0 spiro atoms. The van der Waals surface area contributed by atoms with Crippen molar-refractivity contribution in [2.45, 2.75) is 6.54 Å². The van der Waals surface area contributed by atoms with E-state index in [9.17, 15) is 14.5 Å². The van der Waals surface area contributed by atoms with E-state index in [4.69, 9.17) is 5.26 Å². The van der Waals surface area contributed by atoms with Gasteiger partial charge in [0.05, 0.1) is 28.3 Å². The van der Waals surface area contributed by atoms with Gasteiger partial charge in [0.15, 0.2) is 5.82 Å². The summed E-state index contributed by atoms with van der Waals surface area (Å²) in [5, 5.41) is 22.0. The number of hydrogen-bond acceptors (Lipinski definition) is 4. The second kappa shape index (κ2) is 5.80. The molecule has 0 fully saturated rings. The maximum Gasteiger partial charge on any atom is 0.272 e. The summed E-state index contributed by atoms with van der Waals surface area (Å²) in [4.78, 5) is 9.85. The molecule has 0 saturated heterocycles. The van der Waals surface area contributed by atoms with Gasteiger partial charge in [0, 0.05) is 12.6 Å². The molecular formula is C14H10FN3O2. The zero-order valence-corrected chi connectivity index (χ0v) is 10.3. The van der Waals surface area contributed by atoms with Gasteiger partial charge in [0.25, 0.3) is 5.69 Å². The van der Waals surface area contributed by atoms with Gasteiger partial charge in [-0.25, -0.2) is 4.39 Å². The highest BCUT2D eigenvalue weighted by Crippen LogP contribution is 2.21. The Bertz CT molecular complexity index is 678. The molecule has 0 aliphatic heterocycles. The zero-order chi connectivity index (χ0) is 14.5. The molecule has 100 valence electrons. The second-order valence-corrected chi connectivity index (χ2v) is 4.08. The van der Waals surface area contributed by atoms with Gasteiger partial charge in [-0.1, -0.05) is 12.1 Å². The van der Waals surface area contributed by atoms with E-state index in [1.54, 1.807) is 24.3 Å². The number of nitrogens with one attached hydrogen (secondary N) is 1. The lowest BCUT2D eigenvalue weighted by atomic mass is 10.1. The van der Waals surface area contributed by atoms with Crippen LogP contribution in [-0.2, 0) is 6.54 Å². The molecule has 0 bridgehead atoms. The van der Waals surface area contributed by atoms with E-state index in [1.807, 2.05) is 6.07 Å². The molecule has 20 heavy (non-hydrogen) atoms. The van der Waals surface area contributed by atoms with Crippen molar-refractivity contribution in [2.24, 2.45) is 0 Å². The summed E-state index contributed by atoms with van der Waals surface area (Å²) in [6.45, 7) is 0.362. The average Bonchev–Trinajstić information content (AvgIpc) is 2.46. The number of benzene rings is 2. The smallest absolute Gasteiger partial charge is 0.272 e. The van der Waals surface area contributed by atoms with Gasteiger partial charge in [-0.3, -0.25) is 10.1 Å². The van der Waals surface area contributed by atoms with Crippen molar-refractivity contribution in [1.29, 1.82) is 5.26 Å². The molecule has 0 atom stereocenters. The Kier molecular flexibility index (Phi) is 3.91. The number of nitrogens with zero attached hydrogens (tertiary/aromatic N) is 2. The van der Waals surface area contributed by atoms with Crippen molar-refractivity contribution >= 4 is 11.4 Å². The van der Waals surface area contributed by atoms with E-state index < -0.39 is 10.7 Å². The Balaban J connectivity index is 2.07. The Morgan fingerprint density at radius 1 is 1.25 bits per heavy atom. The zero-order valence-electron chi connectivity index (χ0n) is 10.3. The number of anilines is 1. The number of nitriles is 1. The fraction of sp³-hybridized carbons (Fsp3) is 0.0714. The third-order valence-electron chi connectivity index (χ3n) is 2.73. The van der Waals surface area contributed by atoms with Crippen molar-refractivity contribution in [3.8, 4) is 6.07 Å². The van der Waals surface area contributed by atoms with Crippen molar-refractivity contribution in [3.63, 3.8) is 0 Å². The molecular weight excluding hydrogens is 261 g/mol. The highest BCUT2D eigenvalue weighted by Gasteiger charge is 2.10. The van der Waals surface area contributed by atoms with Crippen molar-refractivity contribution in [1.82, 2.24) is 0 Å². The van der Waals surface area contributed by atoms with Crippen LogP contribution in [0.2, 0.25) is 0 Å². The molecule has 0 aromatic heterocycles. The van der Waals surface area contributed by atoms with Crippen molar-refractivity contribution < 1.29 is 9.31 Å². The molecule has 0 heterocycles. The summed E-state index contributed by atoms with van der Waals surface area (Å²) in [7, 11) is 0. The van der Waals surface area contributed by atoms with Crippen LogP contribution in [0.3, 0.4) is 0 Å². The fourth-order valence-electron chi connectivity index (χ4n) is 1.66. The van der Waals surface area contributed by atoms with E-state index in [2.05, 4.69) is 5.32 Å². The molecule has 6 heteroatoms. The first-order valence-electron chi connectivity index (χ1n) is 5.77. The van der Waals surface area contributed by atoms with Crippen LogP contribution >= 0.6 is 0 Å². The number of rotatable bonds is 4. The predicted molar refractivity (Wildman–Crippen MR) is 71.5 cm³/mol. The third kappa shape index (κ3) is 3.09. The molecule has 2 aromatic carbocycles.